The Balaban J connectivity index is 1.87. The van der Waals surface area contributed by atoms with E-state index in [1.807, 2.05) is 0 Å². The standard InChI is InChI=1S/C13H10FN3OS/c14-10-4-2-1-3-9(10)8-19(18)13-16-11-5-6-15-7-12(11)17-13/h1-7H,8H2,(H,16,17). The lowest BCUT2D eigenvalue weighted by Gasteiger charge is -2.07. The Bertz CT molecular complexity index is 683. The molecule has 0 aliphatic carbocycles. The molecule has 0 amide bonds. The van der Waals surface area contributed by atoms with E-state index in [1.165, 1.54) is 6.07 Å². The topological polar surface area (TPSA) is 64.6 Å². The first-order valence-electron chi connectivity index (χ1n) is 5.65. The first-order valence-corrected chi connectivity index (χ1v) is 6.97. The van der Waals surface area contributed by atoms with E-state index in [2.05, 4.69) is 15.0 Å². The first kappa shape index (κ1) is 12.1. The van der Waals surface area contributed by atoms with E-state index in [0.29, 0.717) is 16.2 Å². The van der Waals surface area contributed by atoms with E-state index in [-0.39, 0.29) is 11.6 Å². The van der Waals surface area contributed by atoms with Crippen LogP contribution in [0, 0.1) is 5.82 Å². The van der Waals surface area contributed by atoms with E-state index in [9.17, 15) is 8.94 Å². The predicted molar refractivity (Wildman–Crippen MR) is 70.4 cm³/mol. The minimum absolute atomic E-state index is 0.0971. The van der Waals surface area contributed by atoms with Gasteiger partial charge in [0.05, 0.1) is 11.7 Å². The molecule has 0 aliphatic rings. The van der Waals surface area contributed by atoms with Crippen molar-refractivity contribution in [2.45, 2.75) is 10.9 Å². The highest BCUT2D eigenvalue weighted by Crippen LogP contribution is 2.18. The minimum Gasteiger partial charge on any atom is -0.609 e. The maximum atomic E-state index is 13.5. The van der Waals surface area contributed by atoms with E-state index in [1.54, 1.807) is 36.7 Å². The summed E-state index contributed by atoms with van der Waals surface area (Å²) in [5, 5.41) is 0.339. The van der Waals surface area contributed by atoms with Crippen LogP contribution in [-0.2, 0) is 16.9 Å². The molecule has 0 spiro atoms. The molecule has 1 aromatic carbocycles. The van der Waals surface area contributed by atoms with Crippen LogP contribution in [0.2, 0.25) is 0 Å². The quantitative estimate of drug-likeness (QED) is 0.746. The van der Waals surface area contributed by atoms with Gasteiger partial charge in [-0.05, 0) is 12.1 Å². The fraction of sp³-hybridized carbons (Fsp3) is 0.0769. The second-order valence-corrected chi connectivity index (χ2v) is 5.38. The lowest BCUT2D eigenvalue weighted by molar-refractivity contribution is 0.580. The summed E-state index contributed by atoms with van der Waals surface area (Å²) in [5.74, 6) is -0.256. The highest BCUT2D eigenvalue weighted by atomic mass is 32.2. The molecule has 1 N–H and O–H groups in total. The molecule has 1 unspecified atom stereocenters. The molecule has 0 bridgehead atoms. The number of H-pyrrole nitrogens is 1. The second kappa shape index (κ2) is 4.99. The molecule has 3 rings (SSSR count). The molecule has 4 nitrogen and oxygen atoms in total. The summed E-state index contributed by atoms with van der Waals surface area (Å²) in [4.78, 5) is 11.1. The molecule has 19 heavy (non-hydrogen) atoms. The van der Waals surface area contributed by atoms with Gasteiger partial charge in [0.25, 0.3) is 0 Å². The third kappa shape index (κ3) is 2.45. The predicted octanol–water partition coefficient (Wildman–Crippen LogP) is 2.40. The van der Waals surface area contributed by atoms with Crippen molar-refractivity contribution in [3.8, 4) is 0 Å². The lowest BCUT2D eigenvalue weighted by atomic mass is 10.2. The first-order chi connectivity index (χ1) is 9.24. The van der Waals surface area contributed by atoms with Crippen LogP contribution in [0.1, 0.15) is 5.56 Å². The molecule has 2 aromatic heterocycles. The average Bonchev–Trinajstić information content (AvgIpc) is 2.85. The van der Waals surface area contributed by atoms with Crippen LogP contribution < -0.4 is 0 Å². The van der Waals surface area contributed by atoms with Crippen molar-refractivity contribution in [1.29, 1.82) is 0 Å². The second-order valence-electron chi connectivity index (χ2n) is 4.02. The summed E-state index contributed by atoms with van der Waals surface area (Å²) in [6.45, 7) is 0. The third-order valence-corrected chi connectivity index (χ3v) is 3.92. The zero-order valence-corrected chi connectivity index (χ0v) is 10.7. The Labute approximate surface area is 111 Å². The van der Waals surface area contributed by atoms with Crippen LogP contribution in [0.15, 0.2) is 47.9 Å². The smallest absolute Gasteiger partial charge is 0.322 e. The molecule has 0 fully saturated rings. The Kier molecular flexibility index (Phi) is 3.18. The summed E-state index contributed by atoms with van der Waals surface area (Å²) in [6, 6.07) is 8.06. The molecule has 0 saturated carbocycles. The normalized spacial score (nSPS) is 12.7. The van der Waals surface area contributed by atoms with Crippen LogP contribution in [0.25, 0.3) is 11.0 Å². The van der Waals surface area contributed by atoms with Crippen LogP contribution in [-0.4, -0.2) is 19.5 Å². The maximum absolute atomic E-state index is 13.5. The molecule has 0 saturated heterocycles. The maximum Gasteiger partial charge on any atom is 0.322 e. The number of fused-ring (bicyclic) bond motifs is 1. The van der Waals surface area contributed by atoms with Crippen LogP contribution in [0.3, 0.4) is 0 Å². The van der Waals surface area contributed by atoms with E-state index in [0.717, 1.165) is 5.52 Å². The number of imidazole rings is 1. The number of aromatic amines is 1. The van der Waals surface area contributed by atoms with E-state index >= 15 is 0 Å². The van der Waals surface area contributed by atoms with Gasteiger partial charge in [-0.15, -0.1) is 0 Å². The third-order valence-electron chi connectivity index (χ3n) is 2.72. The van der Waals surface area contributed by atoms with Gasteiger partial charge in [-0.3, -0.25) is 9.97 Å². The highest BCUT2D eigenvalue weighted by Gasteiger charge is 2.18. The number of halogens is 1. The number of nitrogens with one attached hydrogen (secondary N) is 1. The van der Waals surface area contributed by atoms with Crippen molar-refractivity contribution < 1.29 is 8.94 Å². The van der Waals surface area contributed by atoms with Crippen LogP contribution in [0.5, 0.6) is 0 Å². The number of pyridine rings is 1. The van der Waals surface area contributed by atoms with Crippen LogP contribution >= 0.6 is 0 Å². The SMILES string of the molecule is [O-][S+](Cc1ccccc1F)c1nc2cnccc2[nH]1. The highest BCUT2D eigenvalue weighted by molar-refractivity contribution is 7.90. The van der Waals surface area contributed by atoms with Crippen molar-refractivity contribution in [2.75, 3.05) is 0 Å². The average molecular weight is 275 g/mol. The molecular weight excluding hydrogens is 265 g/mol. The Morgan fingerprint density at radius 2 is 2.11 bits per heavy atom. The van der Waals surface area contributed by atoms with Crippen molar-refractivity contribution in [3.05, 3.63) is 54.1 Å². The van der Waals surface area contributed by atoms with Gasteiger partial charge in [-0.2, -0.15) is 4.98 Å². The number of benzene rings is 1. The minimum atomic E-state index is -1.41. The fourth-order valence-electron chi connectivity index (χ4n) is 1.77. The molecule has 2 heterocycles. The summed E-state index contributed by atoms with van der Waals surface area (Å²) < 4.78 is 25.7. The van der Waals surface area contributed by atoms with Crippen molar-refractivity contribution >= 4 is 22.2 Å². The summed E-state index contributed by atoms with van der Waals surface area (Å²) >= 11 is -1.41. The number of hydrogen-bond acceptors (Lipinski definition) is 3. The van der Waals surface area contributed by atoms with Gasteiger partial charge in [0.2, 0.25) is 0 Å². The molecular formula is C13H10FN3OS. The number of aromatic nitrogens is 3. The Hall–Kier alpha value is -1.92. The van der Waals surface area contributed by atoms with Gasteiger partial charge >= 0.3 is 5.16 Å². The summed E-state index contributed by atoms with van der Waals surface area (Å²) in [7, 11) is 0. The van der Waals surface area contributed by atoms with Gasteiger partial charge in [0, 0.05) is 22.9 Å². The van der Waals surface area contributed by atoms with Gasteiger partial charge in [0.15, 0.2) is 0 Å². The fourth-order valence-corrected chi connectivity index (χ4v) is 2.84. The zero-order chi connectivity index (χ0) is 13.2. The van der Waals surface area contributed by atoms with Crippen molar-refractivity contribution in [3.63, 3.8) is 0 Å². The van der Waals surface area contributed by atoms with Gasteiger partial charge in [0.1, 0.15) is 17.1 Å². The summed E-state index contributed by atoms with van der Waals surface area (Å²) in [5.41, 5.74) is 1.84. The number of hydrogen-bond donors (Lipinski definition) is 1. The molecule has 0 aliphatic heterocycles. The molecule has 3 aromatic rings. The van der Waals surface area contributed by atoms with Gasteiger partial charge in [-0.1, -0.05) is 18.2 Å². The molecule has 6 heteroatoms. The largest absolute Gasteiger partial charge is 0.609 e. The van der Waals surface area contributed by atoms with Gasteiger partial charge in [-0.25, -0.2) is 4.39 Å². The number of rotatable bonds is 3. The van der Waals surface area contributed by atoms with Crippen molar-refractivity contribution in [2.24, 2.45) is 0 Å². The lowest BCUT2D eigenvalue weighted by Crippen LogP contribution is -2.08. The monoisotopic (exact) mass is 275 g/mol. The van der Waals surface area contributed by atoms with E-state index in [4.69, 9.17) is 0 Å². The van der Waals surface area contributed by atoms with Crippen LogP contribution in [0.4, 0.5) is 4.39 Å². The van der Waals surface area contributed by atoms with E-state index < -0.39 is 11.2 Å². The Morgan fingerprint density at radius 3 is 2.89 bits per heavy atom. The molecule has 96 valence electrons. The number of nitrogens with zero attached hydrogens (tertiary/aromatic N) is 2. The molecule has 0 radical (unpaired) electrons. The molecule has 1 atom stereocenters. The Morgan fingerprint density at radius 1 is 1.26 bits per heavy atom. The summed E-state index contributed by atoms with van der Waals surface area (Å²) in [6.07, 6.45) is 3.22. The van der Waals surface area contributed by atoms with Gasteiger partial charge < -0.3 is 4.55 Å². The zero-order valence-electron chi connectivity index (χ0n) is 9.84. The van der Waals surface area contributed by atoms with Crippen molar-refractivity contribution in [1.82, 2.24) is 15.0 Å².